The lowest BCUT2D eigenvalue weighted by Gasteiger charge is -2.09. The van der Waals surface area contributed by atoms with Crippen LogP contribution in [0.5, 0.6) is 5.75 Å². The van der Waals surface area contributed by atoms with Crippen LogP contribution in [0.1, 0.15) is 16.7 Å². The molecule has 6 heteroatoms. The van der Waals surface area contributed by atoms with Crippen molar-refractivity contribution >= 4 is 17.7 Å². The van der Waals surface area contributed by atoms with E-state index in [0.717, 1.165) is 23.0 Å². The van der Waals surface area contributed by atoms with Gasteiger partial charge in [0.15, 0.2) is 6.61 Å². The van der Waals surface area contributed by atoms with Crippen LogP contribution in [0.3, 0.4) is 0 Å². The highest BCUT2D eigenvalue weighted by Gasteiger charge is 2.05. The number of amides is 1. The topological polar surface area (TPSA) is 81.5 Å². The van der Waals surface area contributed by atoms with E-state index < -0.39 is 4.92 Å². The smallest absolute Gasteiger partial charge is 0.262 e. The fourth-order valence-corrected chi connectivity index (χ4v) is 2.02. The normalized spacial score (nSPS) is 10.6. The van der Waals surface area contributed by atoms with E-state index in [2.05, 4.69) is 5.32 Å². The van der Waals surface area contributed by atoms with Crippen molar-refractivity contribution in [1.29, 1.82) is 0 Å². The minimum Gasteiger partial charge on any atom is -0.484 e. The van der Waals surface area contributed by atoms with Crippen LogP contribution in [0.2, 0.25) is 0 Å². The van der Waals surface area contributed by atoms with Crippen LogP contribution in [0, 0.1) is 24.0 Å². The lowest BCUT2D eigenvalue weighted by molar-refractivity contribution is -0.400. The van der Waals surface area contributed by atoms with Crippen LogP contribution < -0.4 is 10.1 Å². The highest BCUT2D eigenvalue weighted by atomic mass is 16.6. The van der Waals surface area contributed by atoms with Gasteiger partial charge in [0.25, 0.3) is 5.91 Å². The summed E-state index contributed by atoms with van der Waals surface area (Å²) in [6.45, 7) is 3.84. The number of anilines is 1. The van der Waals surface area contributed by atoms with Crippen molar-refractivity contribution in [3.8, 4) is 5.75 Å². The zero-order valence-electron chi connectivity index (χ0n) is 13.5. The molecule has 2 aromatic rings. The van der Waals surface area contributed by atoms with E-state index >= 15 is 0 Å². The summed E-state index contributed by atoms with van der Waals surface area (Å²) in [5.41, 5.74) is 3.59. The maximum absolute atomic E-state index is 11.9. The van der Waals surface area contributed by atoms with Gasteiger partial charge in [-0.3, -0.25) is 14.9 Å². The van der Waals surface area contributed by atoms with Gasteiger partial charge in [0, 0.05) is 11.8 Å². The first-order valence-corrected chi connectivity index (χ1v) is 7.36. The third-order valence-corrected chi connectivity index (χ3v) is 3.41. The van der Waals surface area contributed by atoms with E-state index in [9.17, 15) is 14.9 Å². The van der Waals surface area contributed by atoms with Crippen molar-refractivity contribution in [1.82, 2.24) is 0 Å². The summed E-state index contributed by atoms with van der Waals surface area (Å²) < 4.78 is 5.43. The van der Waals surface area contributed by atoms with E-state index in [1.807, 2.05) is 32.0 Å². The number of carbonyl (C=O) groups excluding carboxylic acids is 1. The summed E-state index contributed by atoms with van der Waals surface area (Å²) in [6, 6.07) is 12.4. The Morgan fingerprint density at radius 2 is 2.00 bits per heavy atom. The minimum absolute atomic E-state index is 0.144. The van der Waals surface area contributed by atoms with Gasteiger partial charge in [0.1, 0.15) is 5.75 Å². The van der Waals surface area contributed by atoms with Crippen LogP contribution in [0.4, 0.5) is 5.69 Å². The summed E-state index contributed by atoms with van der Waals surface area (Å²) in [5, 5.41) is 13.1. The minimum atomic E-state index is -0.537. The molecule has 0 radical (unpaired) electrons. The van der Waals surface area contributed by atoms with Gasteiger partial charge < -0.3 is 10.1 Å². The van der Waals surface area contributed by atoms with Crippen molar-refractivity contribution in [2.75, 3.05) is 11.9 Å². The average Bonchev–Trinajstić information content (AvgIpc) is 2.55. The number of rotatable bonds is 6. The number of carbonyl (C=O) groups is 1. The second-order valence-electron chi connectivity index (χ2n) is 5.31. The second-order valence-corrected chi connectivity index (χ2v) is 5.31. The number of ether oxygens (including phenoxy) is 1. The molecular weight excluding hydrogens is 308 g/mol. The maximum atomic E-state index is 11.9. The molecule has 0 atom stereocenters. The Morgan fingerprint density at radius 1 is 1.21 bits per heavy atom. The summed E-state index contributed by atoms with van der Waals surface area (Å²) in [7, 11) is 0. The fraction of sp³-hybridized carbons (Fsp3) is 0.167. The number of benzene rings is 2. The third kappa shape index (κ3) is 5.24. The number of aryl methyl sites for hydroxylation is 2. The van der Waals surface area contributed by atoms with Gasteiger partial charge in [-0.05, 0) is 54.8 Å². The zero-order valence-corrected chi connectivity index (χ0v) is 13.5. The van der Waals surface area contributed by atoms with Crippen molar-refractivity contribution in [2.24, 2.45) is 0 Å². The Kier molecular flexibility index (Phi) is 5.68. The van der Waals surface area contributed by atoms with Crippen molar-refractivity contribution in [3.63, 3.8) is 0 Å². The molecule has 1 amide bonds. The average molecular weight is 326 g/mol. The Bertz CT molecular complexity index is 784. The first-order valence-electron chi connectivity index (χ1n) is 7.36. The Hall–Kier alpha value is -3.15. The molecule has 0 saturated carbocycles. The summed E-state index contributed by atoms with van der Waals surface area (Å²) in [4.78, 5) is 21.7. The largest absolute Gasteiger partial charge is 0.484 e. The number of hydrogen-bond donors (Lipinski definition) is 1. The predicted molar refractivity (Wildman–Crippen MR) is 92.5 cm³/mol. The third-order valence-electron chi connectivity index (χ3n) is 3.41. The number of nitrogens with zero attached hydrogens (tertiary/aromatic N) is 1. The van der Waals surface area contributed by atoms with E-state index in [1.54, 1.807) is 24.3 Å². The summed E-state index contributed by atoms with van der Waals surface area (Å²) in [6.07, 6.45) is 2.22. The summed E-state index contributed by atoms with van der Waals surface area (Å²) in [5.74, 6) is 0.195. The van der Waals surface area contributed by atoms with E-state index in [0.29, 0.717) is 11.3 Å². The molecule has 0 aliphatic heterocycles. The second kappa shape index (κ2) is 7.92. The van der Waals surface area contributed by atoms with Gasteiger partial charge in [0.2, 0.25) is 6.20 Å². The van der Waals surface area contributed by atoms with Crippen molar-refractivity contribution in [2.45, 2.75) is 13.8 Å². The number of hydrogen-bond acceptors (Lipinski definition) is 4. The molecule has 124 valence electrons. The molecule has 0 spiro atoms. The molecule has 24 heavy (non-hydrogen) atoms. The molecule has 1 N–H and O–H groups in total. The lowest BCUT2D eigenvalue weighted by Crippen LogP contribution is -2.20. The van der Waals surface area contributed by atoms with Crippen LogP contribution in [0.15, 0.2) is 48.7 Å². The van der Waals surface area contributed by atoms with E-state index in [1.165, 1.54) is 6.08 Å². The summed E-state index contributed by atoms with van der Waals surface area (Å²) >= 11 is 0. The molecule has 0 fully saturated rings. The molecule has 6 nitrogen and oxygen atoms in total. The van der Waals surface area contributed by atoms with Crippen LogP contribution >= 0.6 is 0 Å². The molecule has 0 aromatic heterocycles. The maximum Gasteiger partial charge on any atom is 0.262 e. The van der Waals surface area contributed by atoms with Crippen molar-refractivity contribution < 1.29 is 14.5 Å². The monoisotopic (exact) mass is 326 g/mol. The van der Waals surface area contributed by atoms with Crippen LogP contribution in [0.25, 0.3) is 6.08 Å². The van der Waals surface area contributed by atoms with Gasteiger partial charge in [-0.25, -0.2) is 0 Å². The molecular formula is C18H18N2O4. The van der Waals surface area contributed by atoms with E-state index in [4.69, 9.17) is 4.74 Å². The Labute approximate surface area is 139 Å². The van der Waals surface area contributed by atoms with Crippen LogP contribution in [-0.2, 0) is 4.79 Å². The zero-order chi connectivity index (χ0) is 17.5. The van der Waals surface area contributed by atoms with Gasteiger partial charge >= 0.3 is 0 Å². The molecule has 0 unspecified atom stereocenters. The molecule has 0 aliphatic carbocycles. The molecule has 2 aromatic carbocycles. The Balaban J connectivity index is 1.92. The molecule has 0 heterocycles. The van der Waals surface area contributed by atoms with Gasteiger partial charge in [0.05, 0.1) is 4.92 Å². The fourth-order valence-electron chi connectivity index (χ4n) is 2.02. The lowest BCUT2D eigenvalue weighted by atomic mass is 10.1. The van der Waals surface area contributed by atoms with Gasteiger partial charge in [-0.1, -0.05) is 18.2 Å². The Morgan fingerprint density at radius 3 is 2.71 bits per heavy atom. The van der Waals surface area contributed by atoms with Crippen molar-refractivity contribution in [3.05, 3.63) is 75.5 Å². The highest BCUT2D eigenvalue weighted by molar-refractivity contribution is 5.92. The quantitative estimate of drug-likeness (QED) is 0.650. The molecule has 0 saturated heterocycles. The number of nitrogens with one attached hydrogen (secondary N) is 1. The number of nitro groups is 1. The van der Waals surface area contributed by atoms with Gasteiger partial charge in [-0.2, -0.15) is 0 Å². The SMILES string of the molecule is Cc1ccc(NC(=O)COc2cccc(/C=C\[N+](=O)[O-])c2)cc1C. The highest BCUT2D eigenvalue weighted by Crippen LogP contribution is 2.16. The van der Waals surface area contributed by atoms with Gasteiger partial charge in [-0.15, -0.1) is 0 Å². The first-order chi connectivity index (χ1) is 11.4. The molecule has 2 rings (SSSR count). The first kappa shape index (κ1) is 17.2. The molecule has 0 aliphatic rings. The molecule has 0 bridgehead atoms. The standard InChI is InChI=1S/C18H18N2O4/c1-13-6-7-16(10-14(13)2)19-18(21)12-24-17-5-3-4-15(11-17)8-9-20(22)23/h3-11H,12H2,1-2H3,(H,19,21)/b9-8-. The van der Waals surface area contributed by atoms with Crippen LogP contribution in [-0.4, -0.2) is 17.4 Å². The van der Waals surface area contributed by atoms with E-state index in [-0.39, 0.29) is 12.5 Å². The predicted octanol–water partition coefficient (Wildman–Crippen LogP) is 3.57.